The number of aliphatic hydroxyl groups is 1. The van der Waals surface area contributed by atoms with Crippen LogP contribution in [0, 0.1) is 19.8 Å². The Balaban J connectivity index is 1.65. The van der Waals surface area contributed by atoms with Gasteiger partial charge in [0, 0.05) is 36.8 Å². The van der Waals surface area contributed by atoms with Gasteiger partial charge in [-0.3, -0.25) is 14.4 Å². The first-order chi connectivity index (χ1) is 19.0. The third-order valence-electron chi connectivity index (χ3n) is 7.19. The van der Waals surface area contributed by atoms with Gasteiger partial charge in [0.1, 0.15) is 17.5 Å². The molecule has 0 spiro atoms. The van der Waals surface area contributed by atoms with Gasteiger partial charge in [-0.25, -0.2) is 8.42 Å². The van der Waals surface area contributed by atoms with Crippen LogP contribution in [-0.4, -0.2) is 73.3 Å². The lowest BCUT2D eigenvalue weighted by Gasteiger charge is -2.34. The van der Waals surface area contributed by atoms with Gasteiger partial charge in [0.25, 0.3) is 10.0 Å². The molecule has 1 aliphatic heterocycles. The second-order valence-corrected chi connectivity index (χ2v) is 12.3. The zero-order valence-electron chi connectivity index (χ0n) is 23.6. The lowest BCUT2D eigenvalue weighted by molar-refractivity contribution is -0.134. The van der Waals surface area contributed by atoms with Crippen LogP contribution in [0.1, 0.15) is 36.4 Å². The van der Waals surface area contributed by atoms with Crippen LogP contribution in [0.5, 0.6) is 5.75 Å². The fourth-order valence-corrected chi connectivity index (χ4v) is 6.42. The van der Waals surface area contributed by atoms with Crippen LogP contribution in [0.2, 0.25) is 0 Å². The number of hydrogen-bond donors (Lipinski definition) is 2. The molecular weight excluding hydrogens is 532 g/mol. The maximum Gasteiger partial charge on any atom is 0.267 e. The number of nitrogens with one attached hydrogen (secondary N) is 1. The fourth-order valence-electron chi connectivity index (χ4n) is 5.04. The molecule has 1 amide bonds. The predicted molar refractivity (Wildman–Crippen MR) is 152 cm³/mol. The molecule has 3 aromatic rings. The molecule has 1 aromatic heterocycles. The number of aryl methyl sites for hydroxylation is 2. The number of amides is 1. The topological polar surface area (TPSA) is 125 Å². The van der Waals surface area contributed by atoms with E-state index in [2.05, 4.69) is 26.9 Å². The highest BCUT2D eigenvalue weighted by Crippen LogP contribution is 2.31. The zero-order valence-corrected chi connectivity index (χ0v) is 24.4. The minimum Gasteiger partial charge on any atom is -0.488 e. The van der Waals surface area contributed by atoms with Crippen LogP contribution in [-0.2, 0) is 27.8 Å². The first-order valence-electron chi connectivity index (χ1n) is 13.4. The normalized spacial score (nSPS) is 18.9. The van der Waals surface area contributed by atoms with Crippen molar-refractivity contribution in [3.63, 3.8) is 0 Å². The molecule has 0 saturated heterocycles. The van der Waals surface area contributed by atoms with Crippen molar-refractivity contribution >= 4 is 21.6 Å². The summed E-state index contributed by atoms with van der Waals surface area (Å²) in [6.07, 6.45) is -0.267. The molecule has 216 valence electrons. The maximum absolute atomic E-state index is 13.5. The summed E-state index contributed by atoms with van der Waals surface area (Å²) in [5, 5.41) is 13.6. The summed E-state index contributed by atoms with van der Waals surface area (Å²) in [4.78, 5) is 17.3. The Kier molecular flexibility index (Phi) is 9.17. The van der Waals surface area contributed by atoms with Crippen molar-refractivity contribution in [1.82, 2.24) is 15.0 Å². The van der Waals surface area contributed by atoms with Gasteiger partial charge in [-0.05, 0) is 51.6 Å². The number of nitrogens with zero attached hydrogens (tertiary/aromatic N) is 3. The molecule has 11 heteroatoms. The van der Waals surface area contributed by atoms with Gasteiger partial charge >= 0.3 is 0 Å². The number of aliphatic hydroxyl groups excluding tert-OH is 1. The van der Waals surface area contributed by atoms with E-state index >= 15 is 0 Å². The molecule has 10 nitrogen and oxygen atoms in total. The first-order valence-corrected chi connectivity index (χ1v) is 14.8. The van der Waals surface area contributed by atoms with E-state index in [1.165, 1.54) is 12.5 Å². The van der Waals surface area contributed by atoms with E-state index in [0.717, 1.165) is 6.54 Å². The maximum atomic E-state index is 13.5. The van der Waals surface area contributed by atoms with Crippen molar-refractivity contribution in [2.45, 2.75) is 57.7 Å². The Morgan fingerprint density at radius 3 is 2.58 bits per heavy atom. The Bertz CT molecular complexity index is 1410. The van der Waals surface area contributed by atoms with Crippen LogP contribution in [0.3, 0.4) is 0 Å². The third-order valence-corrected chi connectivity index (χ3v) is 8.82. The molecule has 4 rings (SSSR count). The van der Waals surface area contributed by atoms with Crippen molar-refractivity contribution in [3.8, 4) is 5.75 Å². The van der Waals surface area contributed by atoms with Crippen molar-refractivity contribution in [1.29, 1.82) is 0 Å². The summed E-state index contributed by atoms with van der Waals surface area (Å²) >= 11 is 0. The molecule has 0 saturated carbocycles. The van der Waals surface area contributed by atoms with E-state index in [4.69, 9.17) is 9.26 Å². The van der Waals surface area contributed by atoms with E-state index in [0.29, 0.717) is 30.1 Å². The van der Waals surface area contributed by atoms with E-state index in [-0.39, 0.29) is 53.3 Å². The quantitative estimate of drug-likeness (QED) is 0.401. The van der Waals surface area contributed by atoms with Gasteiger partial charge in [-0.15, -0.1) is 0 Å². The molecule has 40 heavy (non-hydrogen) atoms. The molecule has 2 aromatic carbocycles. The number of rotatable bonds is 9. The number of likely N-dealkylation sites (N-methyl/N-ethyl adjacent to an activating group) is 1. The molecule has 0 radical (unpaired) electrons. The van der Waals surface area contributed by atoms with Gasteiger partial charge in [-0.2, -0.15) is 0 Å². The number of sulfonamides is 1. The van der Waals surface area contributed by atoms with E-state index < -0.39 is 10.0 Å². The van der Waals surface area contributed by atoms with Crippen molar-refractivity contribution in [2.24, 2.45) is 5.92 Å². The number of fused-ring (bicyclic) bond motifs is 1. The second-order valence-electron chi connectivity index (χ2n) is 10.7. The van der Waals surface area contributed by atoms with E-state index in [9.17, 15) is 18.3 Å². The second kappa shape index (κ2) is 12.4. The van der Waals surface area contributed by atoms with Gasteiger partial charge in [0.05, 0.1) is 19.1 Å². The molecule has 2 N–H and O–H groups in total. The van der Waals surface area contributed by atoms with E-state index in [1.54, 1.807) is 30.0 Å². The zero-order chi connectivity index (χ0) is 29.0. The molecule has 0 unspecified atom stereocenters. The Hall–Kier alpha value is -3.41. The Morgan fingerprint density at radius 2 is 1.93 bits per heavy atom. The number of aromatic nitrogens is 1. The van der Waals surface area contributed by atoms with Gasteiger partial charge < -0.3 is 19.3 Å². The molecule has 0 aliphatic carbocycles. The van der Waals surface area contributed by atoms with Crippen LogP contribution < -0.4 is 9.46 Å². The minimum atomic E-state index is -3.97. The average molecular weight is 571 g/mol. The predicted octanol–water partition coefficient (Wildman–Crippen LogP) is 3.37. The van der Waals surface area contributed by atoms with E-state index in [1.807, 2.05) is 39.1 Å². The molecular formula is C29H38N4O6S. The molecule has 0 bridgehead atoms. The lowest BCUT2D eigenvalue weighted by atomic mass is 10.0. The third kappa shape index (κ3) is 6.83. The number of anilines is 1. The summed E-state index contributed by atoms with van der Waals surface area (Å²) < 4.78 is 40.4. The minimum absolute atomic E-state index is 0.000142. The monoisotopic (exact) mass is 570 g/mol. The number of benzene rings is 2. The van der Waals surface area contributed by atoms with Crippen molar-refractivity contribution in [3.05, 3.63) is 71.1 Å². The highest BCUT2D eigenvalue weighted by atomic mass is 32.2. The van der Waals surface area contributed by atoms with Gasteiger partial charge in [0.2, 0.25) is 5.91 Å². The van der Waals surface area contributed by atoms with Crippen LogP contribution >= 0.6 is 0 Å². The molecule has 3 atom stereocenters. The summed E-state index contributed by atoms with van der Waals surface area (Å²) in [5.41, 5.74) is 2.30. The highest BCUT2D eigenvalue weighted by Gasteiger charge is 2.31. The summed E-state index contributed by atoms with van der Waals surface area (Å²) in [6.45, 7) is 8.56. The molecule has 0 fully saturated rings. The first kappa shape index (κ1) is 29.6. The van der Waals surface area contributed by atoms with Crippen LogP contribution in [0.25, 0.3) is 0 Å². The highest BCUT2D eigenvalue weighted by molar-refractivity contribution is 7.92. The number of carbonyl (C=O) groups excluding carboxylic acids is 1. The average Bonchev–Trinajstić information content (AvgIpc) is 3.27. The fraction of sp³-hybridized carbons (Fsp3) is 0.448. The number of carbonyl (C=O) groups is 1. The van der Waals surface area contributed by atoms with Crippen LogP contribution in [0.15, 0.2) is 57.9 Å². The lowest BCUT2D eigenvalue weighted by Crippen LogP contribution is -2.47. The molecule has 1 aliphatic rings. The number of hydrogen-bond acceptors (Lipinski definition) is 8. The van der Waals surface area contributed by atoms with Crippen molar-refractivity contribution in [2.75, 3.05) is 31.5 Å². The summed E-state index contributed by atoms with van der Waals surface area (Å²) in [5.74, 6) is 0.510. The van der Waals surface area contributed by atoms with Crippen LogP contribution in [0.4, 0.5) is 5.69 Å². The van der Waals surface area contributed by atoms with Gasteiger partial charge in [-0.1, -0.05) is 42.4 Å². The standard InChI is InChI=1S/C29H38N4O6S/c1-19-15-33(20(2)18-34)28(35)14-24-13-25(31-40(36,37)29-21(3)30-39-22(29)4)11-12-26(24)38-27(19)17-32(5)16-23-9-7-6-8-10-23/h6-13,19-20,27,31,34H,14-18H2,1-5H3/t19-,20+,27-/m0/s1. The van der Waals surface area contributed by atoms with Gasteiger partial charge in [0.15, 0.2) is 10.7 Å². The Morgan fingerprint density at radius 1 is 1.20 bits per heavy atom. The largest absolute Gasteiger partial charge is 0.488 e. The summed E-state index contributed by atoms with van der Waals surface area (Å²) in [6, 6.07) is 14.7. The SMILES string of the molecule is Cc1noc(C)c1S(=O)(=O)Nc1ccc2c(c1)CC(=O)N([C@H](C)CO)C[C@H](C)[C@H](CN(C)Cc1ccccc1)O2. The Labute approximate surface area is 236 Å². The van der Waals surface area contributed by atoms with Crippen molar-refractivity contribution < 1.29 is 27.6 Å². The number of ether oxygens (including phenoxy) is 1. The smallest absolute Gasteiger partial charge is 0.267 e. The summed E-state index contributed by atoms with van der Waals surface area (Å²) in [7, 11) is -1.94. The molecule has 2 heterocycles.